The van der Waals surface area contributed by atoms with Crippen LogP contribution in [0.3, 0.4) is 0 Å². The summed E-state index contributed by atoms with van der Waals surface area (Å²) in [4.78, 5) is 0. The molecule has 200 valence electrons. The molecule has 43 heavy (non-hydrogen) atoms. The van der Waals surface area contributed by atoms with Gasteiger partial charge in [-0.2, -0.15) is 0 Å². The van der Waals surface area contributed by atoms with Crippen LogP contribution in [0.4, 0.5) is 0 Å². The van der Waals surface area contributed by atoms with Gasteiger partial charge in [0.1, 0.15) is 27.9 Å². The van der Waals surface area contributed by atoms with E-state index in [0.29, 0.717) is 0 Å². The first kappa shape index (κ1) is 22.8. The minimum atomic E-state index is 0.829. The van der Waals surface area contributed by atoms with Gasteiger partial charge < -0.3 is 13.3 Å². The highest BCUT2D eigenvalue weighted by atomic mass is 16.3. The molecule has 0 aliphatic carbocycles. The van der Waals surface area contributed by atoms with Gasteiger partial charge in [-0.3, -0.25) is 0 Å². The van der Waals surface area contributed by atoms with Crippen molar-refractivity contribution in [2.24, 2.45) is 0 Å². The quantitative estimate of drug-likeness (QED) is 0.201. The van der Waals surface area contributed by atoms with Gasteiger partial charge in [0.05, 0.1) is 11.6 Å². The van der Waals surface area contributed by atoms with Crippen molar-refractivity contribution in [3.8, 4) is 22.3 Å². The standard InChI is InChI=1S/C40H22O3/c1-3-11-28-26(9-1)36(24-17-18-34-32(22-24)25-8-5-6-15-33(25)42-34)27-10-2-4-12-29(27)37(28)30-13-7-14-31-38-35(43-40(30)31)19-16-23-20-21-41-39(23)38/h1-22H. The van der Waals surface area contributed by atoms with Gasteiger partial charge in [0.25, 0.3) is 0 Å². The third kappa shape index (κ3) is 3.08. The molecule has 10 aromatic rings. The maximum atomic E-state index is 6.64. The minimum Gasteiger partial charge on any atom is -0.464 e. The molecule has 0 fully saturated rings. The van der Waals surface area contributed by atoms with E-state index in [1.165, 1.54) is 38.2 Å². The molecule has 0 atom stereocenters. The number of hydrogen-bond acceptors (Lipinski definition) is 3. The van der Waals surface area contributed by atoms with Crippen molar-refractivity contribution in [1.82, 2.24) is 0 Å². The summed E-state index contributed by atoms with van der Waals surface area (Å²) in [6, 6.07) is 44.8. The number of para-hydroxylation sites is 2. The largest absolute Gasteiger partial charge is 0.464 e. The van der Waals surface area contributed by atoms with E-state index in [1.807, 2.05) is 24.3 Å². The van der Waals surface area contributed by atoms with E-state index in [1.54, 1.807) is 6.26 Å². The smallest absolute Gasteiger partial charge is 0.145 e. The Kier molecular flexibility index (Phi) is 4.45. The lowest BCUT2D eigenvalue weighted by atomic mass is 9.85. The van der Waals surface area contributed by atoms with E-state index < -0.39 is 0 Å². The summed E-state index contributed by atoms with van der Waals surface area (Å²) in [6.45, 7) is 0. The van der Waals surface area contributed by atoms with Crippen molar-refractivity contribution in [3.05, 3.63) is 134 Å². The summed E-state index contributed by atoms with van der Waals surface area (Å²) in [5.41, 5.74) is 9.00. The maximum Gasteiger partial charge on any atom is 0.145 e. The van der Waals surface area contributed by atoms with E-state index in [9.17, 15) is 0 Å². The van der Waals surface area contributed by atoms with Crippen LogP contribution in [-0.4, -0.2) is 0 Å². The molecule has 3 heteroatoms. The summed E-state index contributed by atoms with van der Waals surface area (Å²) in [7, 11) is 0. The SMILES string of the molecule is c1ccc2c(c1)oc1ccc(-c3c4ccccc4c(-c4cccc5c4oc4ccc6ccoc6c45)c4ccccc34)cc12. The molecule has 10 rings (SSSR count). The number of rotatable bonds is 2. The van der Waals surface area contributed by atoms with E-state index in [0.717, 1.165) is 60.4 Å². The molecule has 0 amide bonds. The van der Waals surface area contributed by atoms with Crippen molar-refractivity contribution in [2.75, 3.05) is 0 Å². The molecule has 0 saturated carbocycles. The highest BCUT2D eigenvalue weighted by molar-refractivity contribution is 6.26. The lowest BCUT2D eigenvalue weighted by Crippen LogP contribution is -1.91. The number of furan rings is 3. The molecule has 0 unspecified atom stereocenters. The van der Waals surface area contributed by atoms with Crippen LogP contribution >= 0.6 is 0 Å². The third-order valence-electron chi connectivity index (χ3n) is 8.95. The average Bonchev–Trinajstić information content (AvgIpc) is 3.78. The molecule has 0 radical (unpaired) electrons. The topological polar surface area (TPSA) is 39.4 Å². The summed E-state index contributed by atoms with van der Waals surface area (Å²) in [6.07, 6.45) is 1.75. The number of fused-ring (bicyclic) bond motifs is 10. The predicted octanol–water partition coefficient (Wildman–Crippen LogP) is 11.9. The fourth-order valence-corrected chi connectivity index (χ4v) is 7.12. The van der Waals surface area contributed by atoms with Crippen LogP contribution in [-0.2, 0) is 0 Å². The van der Waals surface area contributed by atoms with Crippen molar-refractivity contribution >= 4 is 76.4 Å². The van der Waals surface area contributed by atoms with Gasteiger partial charge in [-0.15, -0.1) is 0 Å². The number of hydrogen-bond donors (Lipinski definition) is 0. The first-order chi connectivity index (χ1) is 21.3. The molecule has 0 saturated heterocycles. The molecule has 0 N–H and O–H groups in total. The molecule has 3 aromatic heterocycles. The average molecular weight is 551 g/mol. The highest BCUT2D eigenvalue weighted by Crippen LogP contribution is 2.47. The lowest BCUT2D eigenvalue weighted by Gasteiger charge is -2.18. The Morgan fingerprint density at radius 3 is 1.84 bits per heavy atom. The van der Waals surface area contributed by atoms with Gasteiger partial charge in [-0.05, 0) is 69.1 Å². The summed E-state index contributed by atoms with van der Waals surface area (Å²) in [5.74, 6) is 0. The van der Waals surface area contributed by atoms with Crippen molar-refractivity contribution in [2.45, 2.75) is 0 Å². The first-order valence-electron chi connectivity index (χ1n) is 14.5. The monoisotopic (exact) mass is 550 g/mol. The van der Waals surface area contributed by atoms with Gasteiger partial charge in [-0.1, -0.05) is 91.0 Å². The highest BCUT2D eigenvalue weighted by Gasteiger charge is 2.21. The molecule has 7 aromatic carbocycles. The second-order valence-corrected chi connectivity index (χ2v) is 11.2. The molecule has 3 heterocycles. The first-order valence-corrected chi connectivity index (χ1v) is 14.5. The van der Waals surface area contributed by atoms with Gasteiger partial charge >= 0.3 is 0 Å². The Hall–Kier alpha value is -5.80. The Labute approximate surface area is 245 Å². The zero-order valence-corrected chi connectivity index (χ0v) is 22.9. The fourth-order valence-electron chi connectivity index (χ4n) is 7.12. The van der Waals surface area contributed by atoms with Crippen LogP contribution in [0.1, 0.15) is 0 Å². The molecule has 3 nitrogen and oxygen atoms in total. The Morgan fingerprint density at radius 1 is 0.395 bits per heavy atom. The zero-order valence-electron chi connectivity index (χ0n) is 22.9. The van der Waals surface area contributed by atoms with E-state index in [4.69, 9.17) is 13.3 Å². The van der Waals surface area contributed by atoms with Gasteiger partial charge in [0.2, 0.25) is 0 Å². The van der Waals surface area contributed by atoms with Crippen LogP contribution in [0.5, 0.6) is 0 Å². The lowest BCUT2D eigenvalue weighted by molar-refractivity contribution is 0.618. The van der Waals surface area contributed by atoms with Crippen molar-refractivity contribution in [1.29, 1.82) is 0 Å². The molecule has 0 spiro atoms. The Balaban J connectivity index is 1.33. The van der Waals surface area contributed by atoms with Crippen LogP contribution < -0.4 is 0 Å². The molecule has 0 aliphatic rings. The zero-order chi connectivity index (χ0) is 28.1. The van der Waals surface area contributed by atoms with Gasteiger partial charge in [0.15, 0.2) is 0 Å². The molecular formula is C40H22O3. The van der Waals surface area contributed by atoms with E-state index in [2.05, 4.69) is 103 Å². The Morgan fingerprint density at radius 2 is 1.05 bits per heavy atom. The van der Waals surface area contributed by atoms with E-state index >= 15 is 0 Å². The van der Waals surface area contributed by atoms with Crippen LogP contribution in [0, 0.1) is 0 Å². The molecule has 0 aliphatic heterocycles. The number of benzene rings is 7. The van der Waals surface area contributed by atoms with Crippen LogP contribution in [0.25, 0.3) is 98.6 Å². The summed E-state index contributed by atoms with van der Waals surface area (Å²) >= 11 is 0. The Bertz CT molecular complexity index is 2680. The van der Waals surface area contributed by atoms with Crippen LogP contribution in [0.2, 0.25) is 0 Å². The predicted molar refractivity (Wildman–Crippen MR) is 177 cm³/mol. The van der Waals surface area contributed by atoms with Crippen LogP contribution in [0.15, 0.2) is 147 Å². The van der Waals surface area contributed by atoms with Crippen molar-refractivity contribution in [3.63, 3.8) is 0 Å². The normalized spacial score (nSPS) is 12.2. The summed E-state index contributed by atoms with van der Waals surface area (Å²) < 4.78 is 18.7. The maximum absolute atomic E-state index is 6.64. The second kappa shape index (κ2) is 8.37. The van der Waals surface area contributed by atoms with Gasteiger partial charge in [0, 0.05) is 32.7 Å². The molecular weight excluding hydrogens is 528 g/mol. The minimum absolute atomic E-state index is 0.829. The third-order valence-corrected chi connectivity index (χ3v) is 8.95. The van der Waals surface area contributed by atoms with E-state index in [-0.39, 0.29) is 0 Å². The van der Waals surface area contributed by atoms with Crippen molar-refractivity contribution < 1.29 is 13.3 Å². The summed E-state index contributed by atoms with van der Waals surface area (Å²) in [5, 5.41) is 10.2. The van der Waals surface area contributed by atoms with Gasteiger partial charge in [-0.25, -0.2) is 0 Å². The molecule has 0 bridgehead atoms. The second-order valence-electron chi connectivity index (χ2n) is 11.2. The fraction of sp³-hybridized carbons (Fsp3) is 0.